The normalized spacial score (nSPS) is 19.0. The Balaban J connectivity index is 1.54. The van der Waals surface area contributed by atoms with Gasteiger partial charge >= 0.3 is 0 Å². The van der Waals surface area contributed by atoms with E-state index in [9.17, 15) is 12.8 Å². The Kier molecular flexibility index (Phi) is 5.30. The summed E-state index contributed by atoms with van der Waals surface area (Å²) in [6.07, 6.45) is 0.941. The summed E-state index contributed by atoms with van der Waals surface area (Å²) in [5.41, 5.74) is 0. The van der Waals surface area contributed by atoms with E-state index in [-0.39, 0.29) is 31.5 Å². The topological polar surface area (TPSA) is 94.8 Å². The fraction of sp³-hybridized carbons (Fsp3) is 0.467. The molecule has 0 radical (unpaired) electrons. The first kappa shape index (κ1) is 17.8. The lowest BCUT2D eigenvalue weighted by atomic mass is 10.3. The van der Waals surface area contributed by atoms with Crippen LogP contribution in [0.4, 0.5) is 4.39 Å². The van der Waals surface area contributed by atoms with Crippen molar-refractivity contribution in [2.24, 2.45) is 0 Å². The van der Waals surface area contributed by atoms with Crippen LogP contribution in [0.25, 0.3) is 0 Å². The lowest BCUT2D eigenvalue weighted by molar-refractivity contribution is -0.0176. The maximum atomic E-state index is 12.8. The summed E-state index contributed by atoms with van der Waals surface area (Å²) < 4.78 is 53.9. The molecule has 1 unspecified atom stereocenters. The summed E-state index contributed by atoms with van der Waals surface area (Å²) in [7, 11) is -3.29. The van der Waals surface area contributed by atoms with Crippen molar-refractivity contribution in [3.05, 3.63) is 41.9 Å². The Bertz CT molecular complexity index is 809. The fourth-order valence-corrected chi connectivity index (χ4v) is 3.17. The van der Waals surface area contributed by atoms with Gasteiger partial charge in [-0.15, -0.1) is 10.2 Å². The Morgan fingerprint density at radius 3 is 2.80 bits per heavy atom. The molecule has 8 nitrogen and oxygen atoms in total. The van der Waals surface area contributed by atoms with Crippen LogP contribution in [-0.2, 0) is 21.2 Å². The van der Waals surface area contributed by atoms with Gasteiger partial charge in [-0.2, -0.15) is 4.31 Å². The first-order chi connectivity index (χ1) is 11.9. The van der Waals surface area contributed by atoms with Crippen LogP contribution in [0.5, 0.6) is 5.75 Å². The van der Waals surface area contributed by atoms with Gasteiger partial charge in [0.05, 0.1) is 25.9 Å². The molecule has 1 saturated heterocycles. The molecule has 1 atom stereocenters. The number of benzene rings is 1. The molecule has 1 aromatic heterocycles. The van der Waals surface area contributed by atoms with Crippen LogP contribution in [0.2, 0.25) is 0 Å². The zero-order valence-corrected chi connectivity index (χ0v) is 14.4. The molecule has 1 aliphatic rings. The summed E-state index contributed by atoms with van der Waals surface area (Å²) in [5.74, 6) is 0.812. The number of rotatable bonds is 6. The predicted molar refractivity (Wildman–Crippen MR) is 85.0 cm³/mol. The molecule has 0 bridgehead atoms. The van der Waals surface area contributed by atoms with E-state index in [2.05, 4.69) is 10.2 Å². The fourth-order valence-electron chi connectivity index (χ4n) is 2.36. The second-order valence-electron chi connectivity index (χ2n) is 5.57. The molecule has 2 aromatic rings. The minimum atomic E-state index is -3.29. The number of nitrogens with zero attached hydrogens (tertiary/aromatic N) is 3. The van der Waals surface area contributed by atoms with E-state index >= 15 is 0 Å². The van der Waals surface area contributed by atoms with Gasteiger partial charge in [0.1, 0.15) is 17.7 Å². The lowest BCUT2D eigenvalue weighted by Crippen LogP contribution is -2.41. The molecule has 3 rings (SSSR count). The van der Waals surface area contributed by atoms with E-state index in [1.165, 1.54) is 28.6 Å². The van der Waals surface area contributed by atoms with E-state index in [0.29, 0.717) is 24.6 Å². The zero-order chi connectivity index (χ0) is 17.9. The Hall–Kier alpha value is -2.04. The average molecular weight is 371 g/mol. The number of hydrogen-bond donors (Lipinski definition) is 0. The number of aromatic nitrogens is 2. The van der Waals surface area contributed by atoms with Crippen molar-refractivity contribution in [1.29, 1.82) is 0 Å². The van der Waals surface area contributed by atoms with Gasteiger partial charge in [-0.05, 0) is 24.3 Å². The van der Waals surface area contributed by atoms with Gasteiger partial charge in [-0.3, -0.25) is 0 Å². The van der Waals surface area contributed by atoms with Gasteiger partial charge in [0.2, 0.25) is 21.8 Å². The molecule has 25 heavy (non-hydrogen) atoms. The van der Waals surface area contributed by atoms with Crippen LogP contribution >= 0.6 is 0 Å². The molecule has 1 aliphatic heterocycles. The molecule has 0 spiro atoms. The molecule has 136 valence electrons. The average Bonchev–Trinajstić information content (AvgIpc) is 3.05. The predicted octanol–water partition coefficient (Wildman–Crippen LogP) is 1.16. The van der Waals surface area contributed by atoms with Crippen LogP contribution in [0.3, 0.4) is 0 Å². The smallest absolute Gasteiger partial charge is 0.246 e. The first-order valence-corrected chi connectivity index (χ1v) is 9.54. The molecule has 2 heterocycles. The third kappa shape index (κ3) is 4.74. The van der Waals surface area contributed by atoms with Gasteiger partial charge in [-0.1, -0.05) is 0 Å². The molecule has 1 fully saturated rings. The highest BCUT2D eigenvalue weighted by molar-refractivity contribution is 7.88. The third-order valence-electron chi connectivity index (χ3n) is 3.65. The summed E-state index contributed by atoms with van der Waals surface area (Å²) in [5, 5.41) is 7.84. The molecule has 0 aliphatic carbocycles. The minimum absolute atomic E-state index is 0.145. The first-order valence-electron chi connectivity index (χ1n) is 7.69. The van der Waals surface area contributed by atoms with E-state index in [1.807, 2.05) is 0 Å². The van der Waals surface area contributed by atoms with Crippen molar-refractivity contribution in [3.63, 3.8) is 0 Å². The molecular weight excluding hydrogens is 353 g/mol. The highest BCUT2D eigenvalue weighted by Crippen LogP contribution is 2.22. The van der Waals surface area contributed by atoms with Crippen LogP contribution < -0.4 is 4.74 Å². The highest BCUT2D eigenvalue weighted by Gasteiger charge is 2.30. The van der Waals surface area contributed by atoms with Gasteiger partial charge in [0, 0.05) is 13.1 Å². The largest absolute Gasteiger partial charge is 0.493 e. The van der Waals surface area contributed by atoms with Gasteiger partial charge in [0.15, 0.2) is 0 Å². The van der Waals surface area contributed by atoms with E-state index in [0.717, 1.165) is 6.26 Å². The SMILES string of the molecule is CS(=O)(=O)N1CCOC(c2nnc(CCOc3ccc(F)cc3)o2)C1. The number of ether oxygens (including phenoxy) is 2. The van der Waals surface area contributed by atoms with E-state index in [1.54, 1.807) is 0 Å². The Morgan fingerprint density at radius 2 is 2.08 bits per heavy atom. The van der Waals surface area contributed by atoms with Crippen molar-refractivity contribution in [3.8, 4) is 5.75 Å². The minimum Gasteiger partial charge on any atom is -0.493 e. The van der Waals surface area contributed by atoms with Crippen molar-refractivity contribution in [2.75, 3.05) is 32.6 Å². The van der Waals surface area contributed by atoms with Crippen LogP contribution in [0.15, 0.2) is 28.7 Å². The summed E-state index contributed by atoms with van der Waals surface area (Å²) in [4.78, 5) is 0. The zero-order valence-electron chi connectivity index (χ0n) is 13.6. The van der Waals surface area contributed by atoms with Crippen LogP contribution in [0, 0.1) is 5.82 Å². The van der Waals surface area contributed by atoms with Crippen molar-refractivity contribution in [1.82, 2.24) is 14.5 Å². The van der Waals surface area contributed by atoms with Crippen molar-refractivity contribution >= 4 is 10.0 Å². The summed E-state index contributed by atoms with van der Waals surface area (Å²) in [6.45, 7) is 1.01. The number of hydrogen-bond acceptors (Lipinski definition) is 7. The van der Waals surface area contributed by atoms with Gasteiger partial charge in [-0.25, -0.2) is 12.8 Å². The molecule has 10 heteroatoms. The Morgan fingerprint density at radius 1 is 1.32 bits per heavy atom. The number of sulfonamides is 1. The lowest BCUT2D eigenvalue weighted by Gasteiger charge is -2.29. The molecule has 0 saturated carbocycles. The second kappa shape index (κ2) is 7.46. The second-order valence-corrected chi connectivity index (χ2v) is 7.55. The van der Waals surface area contributed by atoms with Crippen LogP contribution in [0.1, 0.15) is 17.9 Å². The van der Waals surface area contributed by atoms with Crippen molar-refractivity contribution < 1.29 is 26.7 Å². The molecule has 0 N–H and O–H groups in total. The van der Waals surface area contributed by atoms with E-state index < -0.39 is 16.1 Å². The standard InChI is InChI=1S/C15H18FN3O5S/c1-25(20,21)19-7-9-23-13(10-19)15-18-17-14(24-15)6-8-22-12-4-2-11(16)3-5-12/h2-5,13H,6-10H2,1H3. The maximum absolute atomic E-state index is 12.8. The Labute approximate surface area is 144 Å². The molecule has 0 amide bonds. The summed E-state index contributed by atoms with van der Waals surface area (Å²) >= 11 is 0. The monoisotopic (exact) mass is 371 g/mol. The van der Waals surface area contributed by atoms with E-state index in [4.69, 9.17) is 13.9 Å². The third-order valence-corrected chi connectivity index (χ3v) is 4.92. The molecular formula is C15H18FN3O5S. The quantitative estimate of drug-likeness (QED) is 0.752. The van der Waals surface area contributed by atoms with Crippen LogP contribution in [-0.4, -0.2) is 55.5 Å². The summed E-state index contributed by atoms with van der Waals surface area (Å²) in [6, 6.07) is 5.69. The number of halogens is 1. The highest BCUT2D eigenvalue weighted by atomic mass is 32.2. The molecule has 1 aromatic carbocycles. The number of morpholine rings is 1. The van der Waals surface area contributed by atoms with Gasteiger partial charge < -0.3 is 13.9 Å². The van der Waals surface area contributed by atoms with Gasteiger partial charge in [0.25, 0.3) is 0 Å². The maximum Gasteiger partial charge on any atom is 0.246 e. The van der Waals surface area contributed by atoms with Crippen molar-refractivity contribution in [2.45, 2.75) is 12.5 Å².